The van der Waals surface area contributed by atoms with Crippen molar-refractivity contribution < 1.29 is 29.3 Å². The Morgan fingerprint density at radius 2 is 1.92 bits per heavy atom. The largest absolute Gasteiger partial charge is 0.545 e. The van der Waals surface area contributed by atoms with E-state index in [2.05, 4.69) is 0 Å². The molecule has 0 bridgehead atoms. The molecule has 2 aliphatic rings. The van der Waals surface area contributed by atoms with E-state index in [-0.39, 0.29) is 18.1 Å². The smallest absolute Gasteiger partial charge is 0.338 e. The summed E-state index contributed by atoms with van der Waals surface area (Å²) in [6.45, 7) is 2.56. The van der Waals surface area contributed by atoms with E-state index in [1.165, 1.54) is 12.8 Å². The van der Waals surface area contributed by atoms with Crippen LogP contribution in [0.2, 0.25) is 0 Å². The van der Waals surface area contributed by atoms with Gasteiger partial charge < -0.3 is 19.5 Å². The number of quaternary nitrogens is 1. The second-order valence-corrected chi connectivity index (χ2v) is 7.04. The van der Waals surface area contributed by atoms with Crippen molar-refractivity contribution in [2.45, 2.75) is 38.1 Å². The van der Waals surface area contributed by atoms with E-state index in [0.717, 1.165) is 50.6 Å². The Hall–Kier alpha value is -2.48. The van der Waals surface area contributed by atoms with Gasteiger partial charge in [0, 0.05) is 23.6 Å². The number of carbonyl (C=O) groups is 2. The lowest BCUT2D eigenvalue weighted by atomic mass is 9.84. The Morgan fingerprint density at radius 3 is 2.65 bits per heavy atom. The summed E-state index contributed by atoms with van der Waals surface area (Å²) in [6.07, 6.45) is 5.64. The predicted molar refractivity (Wildman–Crippen MR) is 88.8 cm³/mol. The van der Waals surface area contributed by atoms with Gasteiger partial charge >= 0.3 is 5.97 Å². The van der Waals surface area contributed by atoms with E-state index in [0.29, 0.717) is 6.04 Å². The first-order valence-corrected chi connectivity index (χ1v) is 8.99. The number of fused-ring (bicyclic) bond motifs is 1. The highest BCUT2D eigenvalue weighted by atomic mass is 16.6. The van der Waals surface area contributed by atoms with Crippen LogP contribution in [0.1, 0.15) is 52.8 Å². The molecular formula is C18H22N2O6. The van der Waals surface area contributed by atoms with Crippen LogP contribution in [0.5, 0.6) is 0 Å². The van der Waals surface area contributed by atoms with Gasteiger partial charge in [-0.05, 0) is 38.2 Å². The molecule has 0 aliphatic carbocycles. The maximum atomic E-state index is 12.4. The van der Waals surface area contributed by atoms with Gasteiger partial charge in [0.05, 0.1) is 35.6 Å². The van der Waals surface area contributed by atoms with Crippen LogP contribution in [0, 0.1) is 16.0 Å². The summed E-state index contributed by atoms with van der Waals surface area (Å²) < 4.78 is 5.39. The standard InChI is InChI=1S/C18H22N2O6/c21-17(22)15-10-13(20(24)25)6-7-14(15)18(23)26-11-12-4-3-9-19-8-2-1-5-16(12)19/h6-7,10,12,16H,1-5,8-9,11H2,(H,21,22)/t12-,16+/m0/s1. The maximum absolute atomic E-state index is 12.4. The minimum Gasteiger partial charge on any atom is -0.545 e. The number of non-ortho nitro benzene ring substituents is 1. The number of carboxylic acid groups (broad SMARTS) is 1. The van der Waals surface area contributed by atoms with Crippen molar-refractivity contribution in [3.8, 4) is 0 Å². The zero-order valence-electron chi connectivity index (χ0n) is 14.4. The number of nitrogens with one attached hydrogen (secondary N) is 1. The Balaban J connectivity index is 1.70. The molecule has 1 aromatic carbocycles. The number of nitro benzene ring substituents is 1. The van der Waals surface area contributed by atoms with Crippen LogP contribution in [0.15, 0.2) is 18.2 Å². The van der Waals surface area contributed by atoms with Gasteiger partial charge in [0.2, 0.25) is 0 Å². The number of hydrogen-bond donors (Lipinski definition) is 1. The van der Waals surface area contributed by atoms with Crippen molar-refractivity contribution >= 4 is 17.6 Å². The van der Waals surface area contributed by atoms with E-state index < -0.39 is 28.1 Å². The zero-order chi connectivity index (χ0) is 18.7. The molecule has 2 aliphatic heterocycles. The molecule has 1 unspecified atom stereocenters. The highest BCUT2D eigenvalue weighted by Crippen LogP contribution is 2.22. The van der Waals surface area contributed by atoms with Crippen LogP contribution in [0.4, 0.5) is 5.69 Å². The van der Waals surface area contributed by atoms with Crippen molar-refractivity contribution in [3.63, 3.8) is 0 Å². The number of aromatic carboxylic acids is 1. The molecule has 3 rings (SSSR count). The zero-order valence-corrected chi connectivity index (χ0v) is 14.4. The summed E-state index contributed by atoms with van der Waals surface area (Å²) in [4.78, 5) is 35.3. The second-order valence-electron chi connectivity index (χ2n) is 7.04. The summed E-state index contributed by atoms with van der Waals surface area (Å²) in [5.41, 5.74) is -1.13. The van der Waals surface area contributed by atoms with E-state index in [1.807, 2.05) is 0 Å². The molecule has 26 heavy (non-hydrogen) atoms. The van der Waals surface area contributed by atoms with Gasteiger partial charge in [-0.3, -0.25) is 10.1 Å². The SMILES string of the molecule is O=C([O-])c1cc([N+](=O)[O-])ccc1C(=O)OC[C@@H]1CCC[NH+]2CCCC[C@H]12. The number of esters is 1. The number of rotatable bonds is 5. The minimum absolute atomic E-state index is 0.209. The number of nitrogens with zero attached hydrogens (tertiary/aromatic N) is 1. The predicted octanol–water partition coefficient (Wildman–Crippen LogP) is -0.0375. The number of ether oxygens (including phenoxy) is 1. The molecule has 0 saturated carbocycles. The summed E-state index contributed by atoms with van der Waals surface area (Å²) in [5.74, 6) is -2.14. The molecule has 8 heteroatoms. The average molecular weight is 362 g/mol. The third-order valence-electron chi connectivity index (χ3n) is 5.51. The Bertz CT molecular complexity index is 718. The number of carbonyl (C=O) groups excluding carboxylic acids is 2. The van der Waals surface area contributed by atoms with Crippen molar-refractivity contribution in [2.24, 2.45) is 5.92 Å². The van der Waals surface area contributed by atoms with Crippen LogP contribution in [-0.4, -0.2) is 42.6 Å². The monoisotopic (exact) mass is 362 g/mol. The highest BCUT2D eigenvalue weighted by Gasteiger charge is 2.37. The average Bonchev–Trinajstić information content (AvgIpc) is 2.65. The van der Waals surface area contributed by atoms with Crippen LogP contribution < -0.4 is 10.0 Å². The van der Waals surface area contributed by atoms with Crippen molar-refractivity contribution in [2.75, 3.05) is 19.7 Å². The molecule has 0 amide bonds. The normalized spacial score (nSPS) is 25.2. The van der Waals surface area contributed by atoms with Gasteiger partial charge in [-0.15, -0.1) is 0 Å². The Kier molecular flexibility index (Phi) is 5.51. The number of hydrogen-bond acceptors (Lipinski definition) is 6. The van der Waals surface area contributed by atoms with Gasteiger partial charge in [-0.1, -0.05) is 0 Å². The van der Waals surface area contributed by atoms with Crippen molar-refractivity contribution in [1.29, 1.82) is 0 Å². The first kappa shape index (κ1) is 18.3. The summed E-state index contributed by atoms with van der Waals surface area (Å²) in [7, 11) is 0. The van der Waals surface area contributed by atoms with Crippen molar-refractivity contribution in [1.82, 2.24) is 0 Å². The van der Waals surface area contributed by atoms with Gasteiger partial charge in [-0.2, -0.15) is 0 Å². The van der Waals surface area contributed by atoms with Crippen LogP contribution in [0.3, 0.4) is 0 Å². The molecular weight excluding hydrogens is 340 g/mol. The molecule has 2 saturated heterocycles. The van der Waals surface area contributed by atoms with E-state index >= 15 is 0 Å². The third kappa shape index (κ3) is 3.85. The molecule has 0 radical (unpaired) electrons. The molecule has 8 nitrogen and oxygen atoms in total. The first-order chi connectivity index (χ1) is 12.5. The number of piperidine rings is 2. The van der Waals surface area contributed by atoms with Gasteiger partial charge in [0.15, 0.2) is 0 Å². The summed E-state index contributed by atoms with van der Waals surface area (Å²) in [5, 5.41) is 22.0. The lowest BCUT2D eigenvalue weighted by Crippen LogP contribution is -3.18. The number of carboxylic acids is 1. The number of benzene rings is 1. The van der Waals surface area contributed by atoms with E-state index in [4.69, 9.17) is 4.74 Å². The molecule has 0 spiro atoms. The lowest BCUT2D eigenvalue weighted by molar-refractivity contribution is -0.940. The van der Waals surface area contributed by atoms with E-state index in [1.54, 1.807) is 4.90 Å². The Morgan fingerprint density at radius 1 is 1.15 bits per heavy atom. The van der Waals surface area contributed by atoms with Crippen LogP contribution in [0.25, 0.3) is 0 Å². The van der Waals surface area contributed by atoms with Gasteiger partial charge in [0.1, 0.15) is 6.61 Å². The Labute approximate surface area is 150 Å². The van der Waals surface area contributed by atoms with Crippen LogP contribution in [-0.2, 0) is 4.74 Å². The quantitative estimate of drug-likeness (QED) is 0.447. The lowest BCUT2D eigenvalue weighted by Gasteiger charge is -2.41. The molecule has 3 atom stereocenters. The van der Waals surface area contributed by atoms with Gasteiger partial charge in [0.25, 0.3) is 5.69 Å². The third-order valence-corrected chi connectivity index (χ3v) is 5.51. The van der Waals surface area contributed by atoms with Crippen LogP contribution >= 0.6 is 0 Å². The molecule has 1 aromatic rings. The second kappa shape index (κ2) is 7.82. The summed E-state index contributed by atoms with van der Waals surface area (Å²) in [6, 6.07) is 3.53. The minimum atomic E-state index is -1.64. The molecule has 2 heterocycles. The van der Waals surface area contributed by atoms with Crippen molar-refractivity contribution in [3.05, 3.63) is 39.4 Å². The molecule has 1 N–H and O–H groups in total. The topological polar surface area (TPSA) is 114 Å². The van der Waals surface area contributed by atoms with Gasteiger partial charge in [-0.25, -0.2) is 4.79 Å². The molecule has 2 fully saturated rings. The molecule has 0 aromatic heterocycles. The molecule has 140 valence electrons. The number of nitro groups is 1. The fourth-order valence-corrected chi connectivity index (χ4v) is 4.23. The first-order valence-electron chi connectivity index (χ1n) is 8.99. The maximum Gasteiger partial charge on any atom is 0.338 e. The summed E-state index contributed by atoms with van der Waals surface area (Å²) >= 11 is 0. The fourth-order valence-electron chi connectivity index (χ4n) is 4.23. The highest BCUT2D eigenvalue weighted by molar-refractivity contribution is 6.02. The fraction of sp³-hybridized carbons (Fsp3) is 0.556. The van der Waals surface area contributed by atoms with E-state index in [9.17, 15) is 24.8 Å².